The molecule has 7 aromatic carbocycles. The molecular weight excluding hydrogens is 661 g/mol. The third kappa shape index (κ3) is 4.51. The van der Waals surface area contributed by atoms with Crippen molar-refractivity contribution in [1.82, 2.24) is 15.2 Å². The third-order valence-electron chi connectivity index (χ3n) is 10.3. The summed E-state index contributed by atoms with van der Waals surface area (Å²) >= 11 is 3.81. The van der Waals surface area contributed by atoms with Gasteiger partial charge in [0.15, 0.2) is 0 Å². The van der Waals surface area contributed by atoms with Crippen molar-refractivity contribution >= 4 is 90.8 Å². The monoisotopic (exact) mass is 690 g/mol. The Kier molecular flexibility index (Phi) is 6.46. The summed E-state index contributed by atoms with van der Waals surface area (Å²) in [6.07, 6.45) is -0.471. The first-order chi connectivity index (χ1) is 25.3. The van der Waals surface area contributed by atoms with Crippen molar-refractivity contribution in [3.63, 3.8) is 0 Å². The minimum atomic E-state index is -0.273. The minimum Gasteiger partial charge on any atom is -0.336 e. The number of aromatic nitrogens is 1. The van der Waals surface area contributed by atoms with E-state index in [0.29, 0.717) is 0 Å². The van der Waals surface area contributed by atoms with Gasteiger partial charge in [0.2, 0.25) is 5.96 Å². The fourth-order valence-corrected chi connectivity index (χ4v) is 10.5. The molecule has 2 unspecified atom stereocenters. The standard InChI is InChI=1S/C45H30N4S2/c1-2-11-27(12-3-1)28-21-23-29(24-22-28)43-46-44(48-45(47-43)49-36-17-7-4-13-30(36)31-14-5-8-18-37(31)49)35-16-10-20-39-40(35)34-26-25-33-32-15-6-9-19-38(32)50-41(33)42(34)51-39/h1-26,43-44,46H,(H,47,48). The molecule has 0 amide bonds. The molecular formula is C45H30N4S2. The van der Waals surface area contributed by atoms with Crippen LogP contribution in [-0.2, 0) is 0 Å². The van der Waals surface area contributed by atoms with Crippen molar-refractivity contribution < 1.29 is 0 Å². The number of para-hydroxylation sites is 2. The van der Waals surface area contributed by atoms with Gasteiger partial charge >= 0.3 is 0 Å². The van der Waals surface area contributed by atoms with E-state index in [1.165, 1.54) is 67.8 Å². The maximum absolute atomic E-state index is 5.43. The van der Waals surface area contributed by atoms with Crippen molar-refractivity contribution in [2.24, 2.45) is 4.99 Å². The number of rotatable bonds is 3. The lowest BCUT2D eigenvalue weighted by atomic mass is 10.0. The maximum Gasteiger partial charge on any atom is 0.206 e. The van der Waals surface area contributed by atoms with Crippen molar-refractivity contribution in [3.05, 3.63) is 169 Å². The first-order valence-corrected chi connectivity index (χ1v) is 18.9. The highest BCUT2D eigenvalue weighted by molar-refractivity contribution is 7.33. The summed E-state index contributed by atoms with van der Waals surface area (Å²) in [5.41, 5.74) is 7.01. The molecule has 51 heavy (non-hydrogen) atoms. The van der Waals surface area contributed by atoms with E-state index in [1.807, 2.05) is 22.7 Å². The van der Waals surface area contributed by atoms with Gasteiger partial charge < -0.3 is 5.32 Å². The van der Waals surface area contributed by atoms with Gasteiger partial charge in [0, 0.05) is 41.7 Å². The summed E-state index contributed by atoms with van der Waals surface area (Å²) in [5.74, 6) is 0.830. The highest BCUT2D eigenvalue weighted by Gasteiger charge is 2.29. The second kappa shape index (κ2) is 11.4. The molecule has 2 N–H and O–H groups in total. The van der Waals surface area contributed by atoms with Crippen LogP contribution in [0.15, 0.2) is 163 Å². The van der Waals surface area contributed by atoms with E-state index in [4.69, 9.17) is 4.99 Å². The summed E-state index contributed by atoms with van der Waals surface area (Å²) < 4.78 is 7.66. The Balaban J connectivity index is 1.10. The molecule has 2 atom stereocenters. The molecule has 0 saturated heterocycles. The molecule has 0 aliphatic carbocycles. The topological polar surface area (TPSA) is 41.4 Å². The van der Waals surface area contributed by atoms with Crippen LogP contribution in [0.25, 0.3) is 73.3 Å². The Bertz CT molecular complexity index is 2930. The van der Waals surface area contributed by atoms with Gasteiger partial charge in [-0.15, -0.1) is 22.7 Å². The summed E-state index contributed by atoms with van der Waals surface area (Å²) in [4.78, 5) is 5.43. The third-order valence-corrected chi connectivity index (χ3v) is 12.8. The van der Waals surface area contributed by atoms with Crippen LogP contribution < -0.4 is 10.6 Å². The number of benzene rings is 7. The fourth-order valence-electron chi connectivity index (χ4n) is 7.96. The van der Waals surface area contributed by atoms with E-state index >= 15 is 0 Å². The number of nitrogens with zero attached hydrogens (tertiary/aromatic N) is 2. The van der Waals surface area contributed by atoms with E-state index in [1.54, 1.807) is 0 Å². The SMILES string of the molecule is c1ccc(-c2ccc(C3N=C(n4c5ccccc5c5ccccc54)NC(c4cccc5sc6c(ccc7c8ccccc8sc76)c45)N3)cc2)cc1. The van der Waals surface area contributed by atoms with Gasteiger partial charge in [-0.2, -0.15) is 0 Å². The zero-order chi connectivity index (χ0) is 33.5. The quantitative estimate of drug-likeness (QED) is 0.194. The van der Waals surface area contributed by atoms with E-state index in [9.17, 15) is 0 Å². The second-order valence-electron chi connectivity index (χ2n) is 13.2. The van der Waals surface area contributed by atoms with Crippen LogP contribution in [0.2, 0.25) is 0 Å². The first-order valence-electron chi connectivity index (χ1n) is 17.3. The Hall–Kier alpha value is -5.79. The van der Waals surface area contributed by atoms with Crippen LogP contribution in [0.4, 0.5) is 0 Å². The molecule has 11 rings (SSSR count). The van der Waals surface area contributed by atoms with Crippen LogP contribution in [0.1, 0.15) is 23.5 Å². The van der Waals surface area contributed by atoms with E-state index in [-0.39, 0.29) is 12.3 Å². The average molecular weight is 691 g/mol. The van der Waals surface area contributed by atoms with Gasteiger partial charge in [-0.05, 0) is 46.5 Å². The first kappa shape index (κ1) is 29.0. The average Bonchev–Trinajstić information content (AvgIpc) is 3.88. The molecule has 10 aromatic rings. The predicted molar refractivity (Wildman–Crippen MR) is 218 cm³/mol. The minimum absolute atomic E-state index is 0.198. The molecule has 3 aromatic heterocycles. The molecule has 0 spiro atoms. The van der Waals surface area contributed by atoms with Crippen LogP contribution in [0, 0.1) is 0 Å². The second-order valence-corrected chi connectivity index (χ2v) is 15.3. The smallest absolute Gasteiger partial charge is 0.206 e. The number of aliphatic imine (C=N–C) groups is 1. The largest absolute Gasteiger partial charge is 0.336 e. The van der Waals surface area contributed by atoms with Crippen molar-refractivity contribution in [2.45, 2.75) is 12.3 Å². The molecule has 1 aliphatic rings. The lowest BCUT2D eigenvalue weighted by Gasteiger charge is -2.33. The number of fused-ring (bicyclic) bond motifs is 10. The van der Waals surface area contributed by atoms with E-state index < -0.39 is 0 Å². The Morgan fingerprint density at radius 1 is 0.490 bits per heavy atom. The van der Waals surface area contributed by atoms with E-state index in [2.05, 4.69) is 173 Å². The number of thiophene rings is 2. The Morgan fingerprint density at radius 2 is 1.10 bits per heavy atom. The van der Waals surface area contributed by atoms with Gasteiger partial charge in [-0.25, -0.2) is 4.99 Å². The molecule has 4 nitrogen and oxygen atoms in total. The zero-order valence-electron chi connectivity index (χ0n) is 27.4. The molecule has 0 fully saturated rings. The molecule has 0 radical (unpaired) electrons. The fraction of sp³-hybridized carbons (Fsp3) is 0.0444. The molecule has 0 bridgehead atoms. The zero-order valence-corrected chi connectivity index (χ0v) is 29.0. The van der Waals surface area contributed by atoms with Gasteiger partial charge in [0.05, 0.1) is 20.4 Å². The molecule has 6 heteroatoms. The summed E-state index contributed by atoms with van der Waals surface area (Å²) in [6, 6.07) is 56.9. The van der Waals surface area contributed by atoms with Gasteiger partial charge in [0.25, 0.3) is 0 Å². The molecule has 1 aliphatic heterocycles. The van der Waals surface area contributed by atoms with Crippen LogP contribution in [0.5, 0.6) is 0 Å². The predicted octanol–water partition coefficient (Wildman–Crippen LogP) is 12.0. The highest BCUT2D eigenvalue weighted by atomic mass is 32.1. The normalized spacial score (nSPS) is 16.4. The number of hydrogen-bond donors (Lipinski definition) is 2. The van der Waals surface area contributed by atoms with E-state index in [0.717, 1.165) is 22.6 Å². The maximum atomic E-state index is 5.43. The Labute approximate surface area is 301 Å². The Morgan fingerprint density at radius 3 is 1.88 bits per heavy atom. The van der Waals surface area contributed by atoms with Crippen LogP contribution in [0.3, 0.4) is 0 Å². The molecule has 4 heterocycles. The number of hydrogen-bond acceptors (Lipinski definition) is 5. The van der Waals surface area contributed by atoms with Crippen molar-refractivity contribution in [3.8, 4) is 11.1 Å². The van der Waals surface area contributed by atoms with Gasteiger partial charge in [-0.3, -0.25) is 9.88 Å². The van der Waals surface area contributed by atoms with Crippen molar-refractivity contribution in [1.29, 1.82) is 0 Å². The lowest BCUT2D eigenvalue weighted by molar-refractivity contribution is 0.405. The number of nitrogens with one attached hydrogen (secondary N) is 2. The summed E-state index contributed by atoms with van der Waals surface area (Å²) in [6.45, 7) is 0. The van der Waals surface area contributed by atoms with Crippen LogP contribution >= 0.6 is 22.7 Å². The van der Waals surface area contributed by atoms with Gasteiger partial charge in [-0.1, -0.05) is 133 Å². The molecule has 0 saturated carbocycles. The highest BCUT2D eigenvalue weighted by Crippen LogP contribution is 2.46. The lowest BCUT2D eigenvalue weighted by Crippen LogP contribution is -2.47. The van der Waals surface area contributed by atoms with Gasteiger partial charge in [0.1, 0.15) is 12.3 Å². The van der Waals surface area contributed by atoms with Crippen molar-refractivity contribution in [2.75, 3.05) is 0 Å². The summed E-state index contributed by atoms with van der Waals surface area (Å²) in [7, 11) is 0. The van der Waals surface area contributed by atoms with Crippen LogP contribution in [-0.4, -0.2) is 10.5 Å². The molecule has 242 valence electrons. The summed E-state index contributed by atoms with van der Waals surface area (Å²) in [5, 5.41) is 15.5.